The Bertz CT molecular complexity index is 446. The summed E-state index contributed by atoms with van der Waals surface area (Å²) in [6.45, 7) is 5.63. The second kappa shape index (κ2) is 6.66. The molecule has 0 atom stereocenters. The minimum Gasteiger partial charge on any atom is -0.444 e. The standard InChI is InChI=1S/C14H20F3NO4/c1-13(2,3)22-12(21)18-6-4-9(5-7-18)10(19)8-11(20)14(15,16)17/h9H,4-8H2,1-3H3. The van der Waals surface area contributed by atoms with Gasteiger partial charge in [0.2, 0.25) is 5.78 Å². The van der Waals surface area contributed by atoms with E-state index in [1.807, 2.05) is 0 Å². The molecule has 5 nitrogen and oxygen atoms in total. The summed E-state index contributed by atoms with van der Waals surface area (Å²) in [6.07, 6.45) is -6.13. The molecule has 22 heavy (non-hydrogen) atoms. The monoisotopic (exact) mass is 323 g/mol. The van der Waals surface area contributed by atoms with E-state index in [1.165, 1.54) is 4.90 Å². The lowest BCUT2D eigenvalue weighted by Crippen LogP contribution is -2.43. The van der Waals surface area contributed by atoms with Gasteiger partial charge in [0.25, 0.3) is 0 Å². The molecular weight excluding hydrogens is 303 g/mol. The van der Waals surface area contributed by atoms with Crippen LogP contribution < -0.4 is 0 Å². The lowest BCUT2D eigenvalue weighted by atomic mass is 9.90. The number of halogens is 3. The van der Waals surface area contributed by atoms with Gasteiger partial charge in [-0.3, -0.25) is 9.59 Å². The maximum absolute atomic E-state index is 12.1. The SMILES string of the molecule is CC(C)(C)OC(=O)N1CCC(C(=O)CC(=O)C(F)(F)F)CC1. The summed E-state index contributed by atoms with van der Waals surface area (Å²) in [7, 11) is 0. The fourth-order valence-electron chi connectivity index (χ4n) is 2.11. The third-order valence-corrected chi connectivity index (χ3v) is 3.25. The second-order valence-electron chi connectivity index (χ2n) is 6.31. The summed E-state index contributed by atoms with van der Waals surface area (Å²) in [4.78, 5) is 35.8. The number of ketones is 2. The van der Waals surface area contributed by atoms with Crippen molar-refractivity contribution in [2.45, 2.75) is 51.8 Å². The van der Waals surface area contributed by atoms with E-state index in [0.29, 0.717) is 0 Å². The van der Waals surface area contributed by atoms with Crippen LogP contribution in [0.15, 0.2) is 0 Å². The Morgan fingerprint density at radius 1 is 1.09 bits per heavy atom. The van der Waals surface area contributed by atoms with Crippen LogP contribution in [0.25, 0.3) is 0 Å². The first kappa shape index (κ1) is 18.4. The molecule has 0 aliphatic carbocycles. The van der Waals surface area contributed by atoms with Gasteiger partial charge < -0.3 is 9.64 Å². The zero-order valence-corrected chi connectivity index (χ0v) is 12.8. The highest BCUT2D eigenvalue weighted by molar-refractivity contribution is 6.02. The van der Waals surface area contributed by atoms with E-state index < -0.39 is 41.8 Å². The number of hydrogen-bond acceptors (Lipinski definition) is 4. The first-order valence-electron chi connectivity index (χ1n) is 7.01. The number of Topliss-reactive ketones (excluding diaryl/α,β-unsaturated/α-hetero) is 2. The number of rotatable bonds is 3. The molecule has 0 spiro atoms. The van der Waals surface area contributed by atoms with Crippen molar-refractivity contribution in [3.63, 3.8) is 0 Å². The van der Waals surface area contributed by atoms with Crippen LogP contribution in [0.2, 0.25) is 0 Å². The van der Waals surface area contributed by atoms with Crippen molar-refractivity contribution < 1.29 is 32.3 Å². The third-order valence-electron chi connectivity index (χ3n) is 3.25. The highest BCUT2D eigenvalue weighted by atomic mass is 19.4. The van der Waals surface area contributed by atoms with Gasteiger partial charge in [-0.05, 0) is 33.6 Å². The van der Waals surface area contributed by atoms with E-state index in [2.05, 4.69) is 0 Å². The Morgan fingerprint density at radius 3 is 2.00 bits per heavy atom. The van der Waals surface area contributed by atoms with Gasteiger partial charge in [-0.2, -0.15) is 13.2 Å². The maximum atomic E-state index is 12.1. The topological polar surface area (TPSA) is 63.7 Å². The molecule has 0 radical (unpaired) electrons. The molecule has 1 fully saturated rings. The van der Waals surface area contributed by atoms with E-state index in [1.54, 1.807) is 20.8 Å². The Morgan fingerprint density at radius 2 is 1.59 bits per heavy atom. The van der Waals surface area contributed by atoms with Crippen LogP contribution in [0.5, 0.6) is 0 Å². The van der Waals surface area contributed by atoms with Crippen LogP contribution in [0.4, 0.5) is 18.0 Å². The average Bonchev–Trinajstić information content (AvgIpc) is 2.35. The summed E-state index contributed by atoms with van der Waals surface area (Å²) >= 11 is 0. The molecule has 1 rings (SSSR count). The van der Waals surface area contributed by atoms with Gasteiger partial charge in [0.05, 0.1) is 6.42 Å². The lowest BCUT2D eigenvalue weighted by Gasteiger charge is -2.32. The van der Waals surface area contributed by atoms with E-state index in [4.69, 9.17) is 4.74 Å². The van der Waals surface area contributed by atoms with E-state index >= 15 is 0 Å². The Hall–Kier alpha value is -1.60. The first-order valence-corrected chi connectivity index (χ1v) is 7.01. The Balaban J connectivity index is 2.47. The highest BCUT2D eigenvalue weighted by Crippen LogP contribution is 2.24. The molecule has 0 N–H and O–H groups in total. The number of carbonyl (C=O) groups excluding carboxylic acids is 3. The summed E-state index contributed by atoms with van der Waals surface area (Å²) in [5, 5.41) is 0. The van der Waals surface area contributed by atoms with Crippen molar-refractivity contribution in [2.75, 3.05) is 13.1 Å². The van der Waals surface area contributed by atoms with Crippen LogP contribution in [0.3, 0.4) is 0 Å². The normalized spacial score (nSPS) is 17.3. The van der Waals surface area contributed by atoms with Gasteiger partial charge in [0, 0.05) is 19.0 Å². The minimum absolute atomic E-state index is 0.228. The second-order valence-corrected chi connectivity index (χ2v) is 6.31. The molecule has 1 saturated heterocycles. The number of likely N-dealkylation sites (tertiary alicyclic amines) is 1. The molecule has 1 heterocycles. The summed E-state index contributed by atoms with van der Waals surface area (Å²) in [5.74, 6) is -3.36. The van der Waals surface area contributed by atoms with Crippen LogP contribution in [-0.2, 0) is 14.3 Å². The predicted octanol–water partition coefficient (Wildman–Crippen LogP) is 2.72. The molecule has 1 aliphatic heterocycles. The van der Waals surface area contributed by atoms with Gasteiger partial charge in [0.15, 0.2) is 0 Å². The number of ether oxygens (including phenoxy) is 1. The van der Waals surface area contributed by atoms with Gasteiger partial charge in [-0.15, -0.1) is 0 Å². The van der Waals surface area contributed by atoms with E-state index in [9.17, 15) is 27.6 Å². The smallest absolute Gasteiger partial charge is 0.444 e. The number of nitrogens with zero attached hydrogens (tertiary/aromatic N) is 1. The van der Waals surface area contributed by atoms with Crippen molar-refractivity contribution in [3.05, 3.63) is 0 Å². The average molecular weight is 323 g/mol. The van der Waals surface area contributed by atoms with Crippen molar-refractivity contribution in [3.8, 4) is 0 Å². The van der Waals surface area contributed by atoms with E-state index in [0.717, 1.165) is 0 Å². The maximum Gasteiger partial charge on any atom is 0.450 e. The molecule has 1 aliphatic rings. The predicted molar refractivity (Wildman–Crippen MR) is 71.2 cm³/mol. The van der Waals surface area contributed by atoms with E-state index in [-0.39, 0.29) is 25.9 Å². The minimum atomic E-state index is -4.98. The molecule has 1 amide bonds. The highest BCUT2D eigenvalue weighted by Gasteiger charge is 2.40. The Kier molecular flexibility index (Phi) is 5.59. The van der Waals surface area contributed by atoms with Crippen LogP contribution in [0.1, 0.15) is 40.0 Å². The number of alkyl halides is 3. The Labute approximate surface area is 126 Å². The molecule has 0 bridgehead atoms. The number of hydrogen-bond donors (Lipinski definition) is 0. The largest absolute Gasteiger partial charge is 0.450 e. The summed E-state index contributed by atoms with van der Waals surface area (Å²) < 4.78 is 41.6. The molecule has 0 saturated carbocycles. The molecule has 126 valence electrons. The quantitative estimate of drug-likeness (QED) is 0.749. The van der Waals surface area contributed by atoms with Crippen LogP contribution in [-0.4, -0.2) is 47.4 Å². The third kappa shape index (κ3) is 5.65. The van der Waals surface area contributed by atoms with Crippen molar-refractivity contribution in [2.24, 2.45) is 5.92 Å². The number of piperidine rings is 1. The van der Waals surface area contributed by atoms with Crippen molar-refractivity contribution >= 4 is 17.7 Å². The van der Waals surface area contributed by atoms with Gasteiger partial charge >= 0.3 is 12.3 Å². The molecular formula is C14H20F3NO4. The van der Waals surface area contributed by atoms with Gasteiger partial charge in [-0.1, -0.05) is 0 Å². The molecule has 0 aromatic rings. The lowest BCUT2D eigenvalue weighted by molar-refractivity contribution is -0.172. The fourth-order valence-corrected chi connectivity index (χ4v) is 2.11. The molecule has 0 aromatic carbocycles. The van der Waals surface area contributed by atoms with Crippen LogP contribution in [0, 0.1) is 5.92 Å². The zero-order valence-electron chi connectivity index (χ0n) is 12.8. The molecule has 8 heteroatoms. The zero-order chi connectivity index (χ0) is 17.1. The number of amides is 1. The number of carbonyl (C=O) groups is 3. The van der Waals surface area contributed by atoms with Gasteiger partial charge in [0.1, 0.15) is 11.4 Å². The fraction of sp³-hybridized carbons (Fsp3) is 0.786. The van der Waals surface area contributed by atoms with Crippen molar-refractivity contribution in [1.29, 1.82) is 0 Å². The van der Waals surface area contributed by atoms with Crippen LogP contribution >= 0.6 is 0 Å². The molecule has 0 unspecified atom stereocenters. The van der Waals surface area contributed by atoms with Gasteiger partial charge in [-0.25, -0.2) is 4.79 Å². The summed E-state index contributed by atoms with van der Waals surface area (Å²) in [6, 6.07) is 0. The van der Waals surface area contributed by atoms with Crippen molar-refractivity contribution in [1.82, 2.24) is 4.90 Å². The first-order chi connectivity index (χ1) is 9.90. The summed E-state index contributed by atoms with van der Waals surface area (Å²) in [5.41, 5.74) is -0.636. The molecule has 0 aromatic heterocycles.